The Kier molecular flexibility index (Phi) is 3.81. The van der Waals surface area contributed by atoms with Gasteiger partial charge in [0.15, 0.2) is 0 Å². The number of benzene rings is 2. The van der Waals surface area contributed by atoms with E-state index >= 15 is 0 Å². The summed E-state index contributed by atoms with van der Waals surface area (Å²) in [7, 11) is 1.58. The fourth-order valence-corrected chi connectivity index (χ4v) is 2.06. The number of hydrogen-bond acceptors (Lipinski definition) is 2. The third kappa shape index (κ3) is 2.90. The number of halogens is 2. The molecule has 0 saturated carbocycles. The maximum absolute atomic E-state index is 13.2. The van der Waals surface area contributed by atoms with E-state index in [2.05, 4.69) is 0 Å². The van der Waals surface area contributed by atoms with Crippen molar-refractivity contribution in [2.24, 2.45) is 5.73 Å². The van der Waals surface area contributed by atoms with Crippen molar-refractivity contribution in [3.8, 4) is 5.75 Å². The van der Waals surface area contributed by atoms with Crippen molar-refractivity contribution in [2.45, 2.75) is 13.0 Å². The quantitative estimate of drug-likeness (QED) is 0.921. The molecule has 2 nitrogen and oxygen atoms in total. The van der Waals surface area contributed by atoms with Crippen molar-refractivity contribution in [2.75, 3.05) is 7.11 Å². The van der Waals surface area contributed by atoms with Crippen LogP contribution in [0.25, 0.3) is 0 Å². The first kappa shape index (κ1) is 13.5. The van der Waals surface area contributed by atoms with Crippen LogP contribution < -0.4 is 10.5 Å². The largest absolute Gasteiger partial charge is 0.497 e. The monoisotopic (exact) mass is 263 g/mol. The zero-order chi connectivity index (χ0) is 14.0. The first-order chi connectivity index (χ1) is 9.01. The molecule has 19 heavy (non-hydrogen) atoms. The van der Waals surface area contributed by atoms with Crippen LogP contribution in [-0.2, 0) is 0 Å². The lowest BCUT2D eigenvalue weighted by molar-refractivity contribution is 0.414. The minimum absolute atomic E-state index is 0.408. The van der Waals surface area contributed by atoms with E-state index in [4.69, 9.17) is 10.5 Å². The van der Waals surface area contributed by atoms with Crippen LogP contribution >= 0.6 is 0 Å². The molecule has 0 amide bonds. The van der Waals surface area contributed by atoms with E-state index in [0.29, 0.717) is 5.56 Å². The van der Waals surface area contributed by atoms with Gasteiger partial charge in [0.05, 0.1) is 13.2 Å². The number of nitrogens with two attached hydrogens (primary N) is 1. The Labute approximate surface area is 110 Å². The van der Waals surface area contributed by atoms with Gasteiger partial charge < -0.3 is 10.5 Å². The smallest absolute Gasteiger partial charge is 0.126 e. The first-order valence-electron chi connectivity index (χ1n) is 5.87. The molecule has 0 aliphatic heterocycles. The molecule has 100 valence electrons. The van der Waals surface area contributed by atoms with Crippen LogP contribution in [0.2, 0.25) is 0 Å². The Hall–Kier alpha value is -1.94. The highest BCUT2D eigenvalue weighted by Gasteiger charge is 2.14. The number of ether oxygens (including phenoxy) is 1. The molecule has 2 aromatic rings. The fraction of sp³-hybridized carbons (Fsp3) is 0.200. The van der Waals surface area contributed by atoms with Gasteiger partial charge in [-0.3, -0.25) is 0 Å². The summed E-state index contributed by atoms with van der Waals surface area (Å²) < 4.78 is 31.5. The zero-order valence-electron chi connectivity index (χ0n) is 10.8. The average Bonchev–Trinajstić information content (AvgIpc) is 2.36. The zero-order valence-corrected chi connectivity index (χ0v) is 10.8. The van der Waals surface area contributed by atoms with Crippen molar-refractivity contribution in [1.29, 1.82) is 0 Å². The van der Waals surface area contributed by atoms with Gasteiger partial charge in [0.1, 0.15) is 17.4 Å². The van der Waals surface area contributed by atoms with E-state index in [9.17, 15) is 8.78 Å². The summed E-state index contributed by atoms with van der Waals surface area (Å²) in [6, 6.07) is 8.17. The van der Waals surface area contributed by atoms with Crippen LogP contribution in [0, 0.1) is 18.6 Å². The number of hydrogen-bond donors (Lipinski definition) is 1. The summed E-state index contributed by atoms with van der Waals surface area (Å²) in [5, 5.41) is 0. The van der Waals surface area contributed by atoms with Gasteiger partial charge in [-0.2, -0.15) is 0 Å². The Morgan fingerprint density at radius 1 is 1.05 bits per heavy atom. The van der Waals surface area contributed by atoms with Crippen LogP contribution in [-0.4, -0.2) is 7.11 Å². The lowest BCUT2D eigenvalue weighted by Gasteiger charge is -2.16. The Morgan fingerprint density at radius 2 is 1.68 bits per heavy atom. The van der Waals surface area contributed by atoms with Crippen molar-refractivity contribution in [3.63, 3.8) is 0 Å². The standard InChI is InChI=1S/C15H15F2NO/c1-9-5-13(19-2)3-4-14(9)15(18)10-6-11(16)8-12(17)7-10/h3-8,15H,18H2,1-2H3. The number of rotatable bonds is 3. The summed E-state index contributed by atoms with van der Waals surface area (Å²) in [6.07, 6.45) is 0. The molecule has 2 aromatic carbocycles. The Bertz CT molecular complexity index is 578. The van der Waals surface area contributed by atoms with Gasteiger partial charge in [-0.15, -0.1) is 0 Å². The van der Waals surface area contributed by atoms with Gasteiger partial charge in [-0.1, -0.05) is 6.07 Å². The van der Waals surface area contributed by atoms with Gasteiger partial charge in [0.25, 0.3) is 0 Å². The molecule has 2 rings (SSSR count). The van der Waals surface area contributed by atoms with Crippen molar-refractivity contribution >= 4 is 0 Å². The molecular formula is C15H15F2NO. The van der Waals surface area contributed by atoms with E-state index in [1.165, 1.54) is 12.1 Å². The maximum Gasteiger partial charge on any atom is 0.126 e. The first-order valence-corrected chi connectivity index (χ1v) is 5.87. The molecule has 1 unspecified atom stereocenters. The number of aryl methyl sites for hydroxylation is 1. The lowest BCUT2D eigenvalue weighted by Crippen LogP contribution is -2.14. The van der Waals surface area contributed by atoms with E-state index in [0.717, 1.165) is 22.9 Å². The van der Waals surface area contributed by atoms with E-state index in [-0.39, 0.29) is 0 Å². The maximum atomic E-state index is 13.2. The SMILES string of the molecule is COc1ccc(C(N)c2cc(F)cc(F)c2)c(C)c1. The van der Waals surface area contributed by atoms with Crippen molar-refractivity contribution in [3.05, 3.63) is 64.7 Å². The molecule has 0 bridgehead atoms. The summed E-state index contributed by atoms with van der Waals surface area (Å²) in [4.78, 5) is 0. The summed E-state index contributed by atoms with van der Waals surface area (Å²) in [5.41, 5.74) is 8.20. The lowest BCUT2D eigenvalue weighted by atomic mass is 9.95. The van der Waals surface area contributed by atoms with E-state index in [1.807, 2.05) is 19.1 Å². The summed E-state index contributed by atoms with van der Waals surface area (Å²) >= 11 is 0. The average molecular weight is 263 g/mol. The molecule has 0 spiro atoms. The highest BCUT2D eigenvalue weighted by Crippen LogP contribution is 2.26. The van der Waals surface area contributed by atoms with Crippen LogP contribution in [0.5, 0.6) is 5.75 Å². The molecule has 0 aromatic heterocycles. The molecule has 0 radical (unpaired) electrons. The van der Waals surface area contributed by atoms with Gasteiger partial charge in [-0.25, -0.2) is 8.78 Å². The molecule has 4 heteroatoms. The molecular weight excluding hydrogens is 248 g/mol. The second-order valence-electron chi connectivity index (χ2n) is 4.40. The molecule has 0 fully saturated rings. The highest BCUT2D eigenvalue weighted by atomic mass is 19.1. The minimum atomic E-state index is -0.628. The highest BCUT2D eigenvalue weighted by molar-refractivity contribution is 5.41. The summed E-state index contributed by atoms with van der Waals surface area (Å²) in [6.45, 7) is 1.88. The predicted octanol–water partition coefficient (Wildman–Crippen LogP) is 3.33. The van der Waals surface area contributed by atoms with Gasteiger partial charge in [0.2, 0.25) is 0 Å². The molecule has 2 N–H and O–H groups in total. The predicted molar refractivity (Wildman–Crippen MR) is 70.1 cm³/mol. The molecule has 0 saturated heterocycles. The van der Waals surface area contributed by atoms with Crippen molar-refractivity contribution < 1.29 is 13.5 Å². The third-order valence-electron chi connectivity index (χ3n) is 3.06. The Balaban J connectivity index is 2.40. The van der Waals surface area contributed by atoms with Crippen LogP contribution in [0.15, 0.2) is 36.4 Å². The molecule has 1 atom stereocenters. The molecule has 0 aliphatic carbocycles. The van der Waals surface area contributed by atoms with Crippen LogP contribution in [0.3, 0.4) is 0 Å². The minimum Gasteiger partial charge on any atom is -0.497 e. The Morgan fingerprint density at radius 3 is 2.21 bits per heavy atom. The van der Waals surface area contributed by atoms with Crippen LogP contribution in [0.1, 0.15) is 22.7 Å². The number of methoxy groups -OCH3 is 1. The van der Waals surface area contributed by atoms with Gasteiger partial charge in [-0.05, 0) is 47.9 Å². The summed E-state index contributed by atoms with van der Waals surface area (Å²) in [5.74, 6) is -0.535. The van der Waals surface area contributed by atoms with Crippen molar-refractivity contribution in [1.82, 2.24) is 0 Å². The fourth-order valence-electron chi connectivity index (χ4n) is 2.06. The molecule has 0 aliphatic rings. The molecule has 0 heterocycles. The van der Waals surface area contributed by atoms with Crippen LogP contribution in [0.4, 0.5) is 8.78 Å². The third-order valence-corrected chi connectivity index (χ3v) is 3.06. The van der Waals surface area contributed by atoms with E-state index in [1.54, 1.807) is 13.2 Å². The van der Waals surface area contributed by atoms with Gasteiger partial charge >= 0.3 is 0 Å². The van der Waals surface area contributed by atoms with Gasteiger partial charge in [0, 0.05) is 6.07 Å². The second-order valence-corrected chi connectivity index (χ2v) is 4.40. The van der Waals surface area contributed by atoms with E-state index < -0.39 is 17.7 Å². The second kappa shape index (κ2) is 5.36. The normalized spacial score (nSPS) is 12.3. The topological polar surface area (TPSA) is 35.2 Å².